The number of hydrogen-bond acceptors (Lipinski definition) is 5. The number of H-pyrrole nitrogens is 1. The molecule has 4 aromatic rings. The first-order valence-corrected chi connectivity index (χ1v) is 10.5. The van der Waals surface area contributed by atoms with Crippen molar-refractivity contribution in [2.75, 3.05) is 0 Å². The van der Waals surface area contributed by atoms with E-state index in [4.69, 9.17) is 9.84 Å². The van der Waals surface area contributed by atoms with Crippen molar-refractivity contribution < 1.29 is 4.74 Å². The van der Waals surface area contributed by atoms with E-state index in [9.17, 15) is 0 Å². The van der Waals surface area contributed by atoms with E-state index >= 15 is 0 Å². The second-order valence-electron chi connectivity index (χ2n) is 7.20. The lowest BCUT2D eigenvalue weighted by Crippen LogP contribution is -2.33. The molecular formula is C23H18N4OS. The fourth-order valence-corrected chi connectivity index (χ4v) is 4.87. The molecule has 2 aromatic heterocycles. The zero-order chi connectivity index (χ0) is 19.2. The lowest BCUT2D eigenvalue weighted by molar-refractivity contribution is -0.0186. The van der Waals surface area contributed by atoms with Gasteiger partial charge in [0.15, 0.2) is 0 Å². The van der Waals surface area contributed by atoms with Crippen LogP contribution in [0.3, 0.4) is 0 Å². The Morgan fingerprint density at radius 2 is 1.83 bits per heavy atom. The van der Waals surface area contributed by atoms with Crippen molar-refractivity contribution in [3.8, 4) is 17.0 Å². The Hall–Kier alpha value is -3.38. The Kier molecular flexibility index (Phi) is 3.77. The normalized spacial score (nSPS) is 20.0. The third-order valence-electron chi connectivity index (χ3n) is 5.50. The van der Waals surface area contributed by atoms with Crippen LogP contribution in [0.5, 0.6) is 5.75 Å². The zero-order valence-corrected chi connectivity index (χ0v) is 16.3. The molecule has 142 valence electrons. The topological polar surface area (TPSA) is 53.5 Å². The van der Waals surface area contributed by atoms with Crippen LogP contribution < -0.4 is 4.74 Å². The number of ether oxygens (including phenoxy) is 1. The summed E-state index contributed by atoms with van der Waals surface area (Å²) in [5, 5.41) is 16.7. The minimum atomic E-state index is -0.332. The van der Waals surface area contributed by atoms with Gasteiger partial charge in [-0.1, -0.05) is 54.6 Å². The molecule has 4 heterocycles. The minimum absolute atomic E-state index is 0.153. The standard InChI is InChI=1S/C23H18N4OS/c1-2-7-15(8-3-1)22-17(14-24-25-22)23-27-19(16-9-4-5-10-20(16)28-23)13-18(26-27)21-11-6-12-29-21/h1-12,14,19,23H,13H2,(H,24,25). The van der Waals surface area contributed by atoms with Crippen molar-refractivity contribution in [2.45, 2.75) is 18.7 Å². The summed E-state index contributed by atoms with van der Waals surface area (Å²) in [5.74, 6) is 0.918. The quantitative estimate of drug-likeness (QED) is 0.504. The average Bonchev–Trinajstić information content (AvgIpc) is 3.54. The van der Waals surface area contributed by atoms with E-state index in [1.54, 1.807) is 11.3 Å². The highest BCUT2D eigenvalue weighted by atomic mass is 32.1. The molecule has 0 saturated heterocycles. The van der Waals surface area contributed by atoms with E-state index in [0.29, 0.717) is 0 Å². The first-order chi connectivity index (χ1) is 14.4. The molecule has 0 fully saturated rings. The van der Waals surface area contributed by atoms with Gasteiger partial charge in [0.05, 0.1) is 34.1 Å². The van der Waals surface area contributed by atoms with Gasteiger partial charge in [-0.3, -0.25) is 5.10 Å². The summed E-state index contributed by atoms with van der Waals surface area (Å²) in [6.45, 7) is 0. The van der Waals surface area contributed by atoms with E-state index in [1.165, 1.54) is 10.4 Å². The Labute approximate surface area is 172 Å². The third-order valence-corrected chi connectivity index (χ3v) is 6.42. The number of hydrazone groups is 1. The molecule has 5 nitrogen and oxygen atoms in total. The SMILES string of the molecule is c1ccc(-c2[nH]ncc2C2Oc3ccccc3C3CC(c4cccs4)=NN32)cc1. The molecule has 1 N–H and O–H groups in total. The summed E-state index contributed by atoms with van der Waals surface area (Å²) in [6.07, 6.45) is 2.40. The number of nitrogens with one attached hydrogen (secondary N) is 1. The summed E-state index contributed by atoms with van der Waals surface area (Å²) in [7, 11) is 0. The smallest absolute Gasteiger partial charge is 0.217 e. The summed E-state index contributed by atoms with van der Waals surface area (Å²) < 4.78 is 6.48. The van der Waals surface area contributed by atoms with Crippen LogP contribution in [-0.2, 0) is 0 Å². The van der Waals surface area contributed by atoms with Gasteiger partial charge in [0.2, 0.25) is 6.23 Å². The molecule has 2 aromatic carbocycles. The molecule has 29 heavy (non-hydrogen) atoms. The first kappa shape index (κ1) is 16.6. The van der Waals surface area contributed by atoms with Gasteiger partial charge in [0, 0.05) is 17.5 Å². The van der Waals surface area contributed by atoms with Crippen LogP contribution in [0, 0.1) is 0 Å². The summed E-state index contributed by atoms with van der Waals surface area (Å²) in [5.41, 5.74) is 5.34. The van der Waals surface area contributed by atoms with Gasteiger partial charge < -0.3 is 4.74 Å². The largest absolute Gasteiger partial charge is 0.464 e. The van der Waals surface area contributed by atoms with Gasteiger partial charge in [-0.25, -0.2) is 5.01 Å². The molecule has 2 atom stereocenters. The number of para-hydroxylation sites is 1. The number of nitrogens with zero attached hydrogens (tertiary/aromatic N) is 3. The van der Waals surface area contributed by atoms with Crippen molar-refractivity contribution in [1.29, 1.82) is 0 Å². The fraction of sp³-hybridized carbons (Fsp3) is 0.130. The molecule has 0 aliphatic carbocycles. The highest BCUT2D eigenvalue weighted by molar-refractivity contribution is 7.12. The van der Waals surface area contributed by atoms with Gasteiger partial charge in [0.25, 0.3) is 0 Å². The fourth-order valence-electron chi connectivity index (χ4n) is 4.15. The number of thiophene rings is 1. The zero-order valence-electron chi connectivity index (χ0n) is 15.5. The number of aromatic amines is 1. The van der Waals surface area contributed by atoms with Crippen LogP contribution in [0.4, 0.5) is 0 Å². The van der Waals surface area contributed by atoms with Crippen molar-refractivity contribution in [2.24, 2.45) is 5.10 Å². The van der Waals surface area contributed by atoms with Crippen LogP contribution in [0.25, 0.3) is 11.3 Å². The lowest BCUT2D eigenvalue weighted by atomic mass is 9.97. The molecule has 0 saturated carbocycles. The second-order valence-corrected chi connectivity index (χ2v) is 8.15. The van der Waals surface area contributed by atoms with E-state index in [-0.39, 0.29) is 12.3 Å². The maximum absolute atomic E-state index is 6.48. The van der Waals surface area contributed by atoms with E-state index in [0.717, 1.165) is 34.7 Å². The average molecular weight is 398 g/mol. The molecule has 2 aliphatic rings. The van der Waals surface area contributed by atoms with Crippen LogP contribution in [0.2, 0.25) is 0 Å². The molecule has 6 heteroatoms. The number of aromatic nitrogens is 2. The van der Waals surface area contributed by atoms with Crippen LogP contribution in [0.1, 0.15) is 34.7 Å². The minimum Gasteiger partial charge on any atom is -0.464 e. The third kappa shape index (κ3) is 2.68. The lowest BCUT2D eigenvalue weighted by Gasteiger charge is -2.38. The number of benzene rings is 2. The predicted molar refractivity (Wildman–Crippen MR) is 114 cm³/mol. The highest BCUT2D eigenvalue weighted by Gasteiger charge is 2.42. The summed E-state index contributed by atoms with van der Waals surface area (Å²) in [6, 6.07) is 22.9. The van der Waals surface area contributed by atoms with Crippen LogP contribution in [0.15, 0.2) is 83.4 Å². The molecule has 0 amide bonds. The van der Waals surface area contributed by atoms with Gasteiger partial charge in [-0.05, 0) is 17.5 Å². The Bertz CT molecular complexity index is 1180. The van der Waals surface area contributed by atoms with Crippen molar-refractivity contribution in [3.05, 3.63) is 94.3 Å². The Morgan fingerprint density at radius 1 is 0.966 bits per heavy atom. The highest BCUT2D eigenvalue weighted by Crippen LogP contribution is 2.48. The van der Waals surface area contributed by atoms with Crippen LogP contribution >= 0.6 is 11.3 Å². The second kappa shape index (κ2) is 6.60. The molecular weight excluding hydrogens is 380 g/mol. The molecule has 2 unspecified atom stereocenters. The number of fused-ring (bicyclic) bond motifs is 3. The molecule has 2 aliphatic heterocycles. The van der Waals surface area contributed by atoms with E-state index < -0.39 is 0 Å². The summed E-state index contributed by atoms with van der Waals surface area (Å²) >= 11 is 1.73. The van der Waals surface area contributed by atoms with Crippen LogP contribution in [-0.4, -0.2) is 20.9 Å². The van der Waals surface area contributed by atoms with E-state index in [2.05, 4.69) is 57.0 Å². The van der Waals surface area contributed by atoms with Crippen molar-refractivity contribution >= 4 is 17.0 Å². The molecule has 0 radical (unpaired) electrons. The first-order valence-electron chi connectivity index (χ1n) is 9.62. The number of rotatable bonds is 3. The Morgan fingerprint density at radius 3 is 2.69 bits per heavy atom. The summed E-state index contributed by atoms with van der Waals surface area (Å²) in [4.78, 5) is 1.21. The van der Waals surface area contributed by atoms with Crippen molar-refractivity contribution in [3.63, 3.8) is 0 Å². The number of hydrogen-bond donors (Lipinski definition) is 1. The monoisotopic (exact) mass is 398 g/mol. The van der Waals surface area contributed by atoms with E-state index in [1.807, 2.05) is 36.5 Å². The maximum Gasteiger partial charge on any atom is 0.217 e. The van der Waals surface area contributed by atoms with Gasteiger partial charge in [-0.2, -0.15) is 10.2 Å². The van der Waals surface area contributed by atoms with Gasteiger partial charge in [0.1, 0.15) is 5.75 Å². The maximum atomic E-state index is 6.48. The van der Waals surface area contributed by atoms with Crippen molar-refractivity contribution in [1.82, 2.24) is 15.2 Å². The molecule has 6 rings (SSSR count). The molecule has 0 spiro atoms. The molecule has 0 bridgehead atoms. The Balaban J connectivity index is 1.47. The predicted octanol–water partition coefficient (Wildman–Crippen LogP) is 5.38. The van der Waals surface area contributed by atoms with Gasteiger partial charge >= 0.3 is 0 Å². The van der Waals surface area contributed by atoms with Gasteiger partial charge in [-0.15, -0.1) is 11.3 Å².